The summed E-state index contributed by atoms with van der Waals surface area (Å²) in [6, 6.07) is 47.8. The van der Waals surface area contributed by atoms with Crippen molar-refractivity contribution in [2.75, 3.05) is 18.2 Å². The average molecular weight is 834 g/mol. The molecule has 300 valence electrons. The molecule has 6 aromatic rings. The zero-order valence-corrected chi connectivity index (χ0v) is 34.0. The Kier molecular flexibility index (Phi) is 12.0. The Morgan fingerprint density at radius 1 is 0.833 bits per heavy atom. The summed E-state index contributed by atoms with van der Waals surface area (Å²) in [6.45, 7) is 0. The number of hydrogen-bond acceptors (Lipinski definition) is 11. The molecule has 0 radical (unpaired) electrons. The van der Waals surface area contributed by atoms with Crippen molar-refractivity contribution in [3.8, 4) is 0 Å². The van der Waals surface area contributed by atoms with Gasteiger partial charge >= 0.3 is 5.97 Å². The van der Waals surface area contributed by atoms with Gasteiger partial charge in [-0.05, 0) is 33.4 Å². The van der Waals surface area contributed by atoms with E-state index >= 15 is 0 Å². The maximum atomic E-state index is 14.1. The van der Waals surface area contributed by atoms with E-state index in [0.717, 1.165) is 27.8 Å². The minimum absolute atomic E-state index is 0.0120. The van der Waals surface area contributed by atoms with Crippen LogP contribution >= 0.6 is 23.1 Å². The fraction of sp³-hybridized carbons (Fsp3) is 0.149. The molecule has 60 heavy (non-hydrogen) atoms. The summed E-state index contributed by atoms with van der Waals surface area (Å²) in [5.41, 5.74) is 4.13. The van der Waals surface area contributed by atoms with Gasteiger partial charge in [0, 0.05) is 17.6 Å². The van der Waals surface area contributed by atoms with Crippen LogP contribution in [0, 0.1) is 0 Å². The number of aromatic nitrogens is 1. The Balaban J connectivity index is 1.04. The summed E-state index contributed by atoms with van der Waals surface area (Å²) in [5, 5.41) is 12.2. The van der Waals surface area contributed by atoms with E-state index in [-0.39, 0.29) is 29.3 Å². The first-order valence-electron chi connectivity index (χ1n) is 19.2. The maximum Gasteiger partial charge on any atom is 0.356 e. The maximum absolute atomic E-state index is 14.1. The van der Waals surface area contributed by atoms with Crippen molar-refractivity contribution < 1.29 is 28.8 Å². The van der Waals surface area contributed by atoms with Gasteiger partial charge in [-0.25, -0.2) is 9.78 Å². The number of thioether (sulfide) groups is 1. The number of carbonyl (C=O) groups excluding carboxylic acids is 4. The highest BCUT2D eigenvalue weighted by atomic mass is 32.2. The van der Waals surface area contributed by atoms with E-state index in [0.29, 0.717) is 17.0 Å². The zero-order valence-electron chi connectivity index (χ0n) is 32.3. The van der Waals surface area contributed by atoms with E-state index in [1.807, 2.05) is 115 Å². The minimum Gasteiger partial charge on any atom is -0.448 e. The molecular weight excluding hydrogens is 795 g/mol. The molecule has 13 heteroatoms. The third-order valence-electron chi connectivity index (χ3n) is 10.3. The third kappa shape index (κ3) is 7.84. The van der Waals surface area contributed by atoms with Crippen LogP contribution in [0.3, 0.4) is 0 Å². The number of rotatable bonds is 15. The fourth-order valence-corrected chi connectivity index (χ4v) is 9.68. The number of nitrogens with zero attached hydrogens (tertiary/aromatic N) is 3. The zero-order chi connectivity index (χ0) is 41.5. The Morgan fingerprint density at radius 2 is 1.35 bits per heavy atom. The number of nitrogens with one attached hydrogen (secondary N) is 2. The van der Waals surface area contributed by atoms with Crippen molar-refractivity contribution in [3.05, 3.63) is 202 Å². The van der Waals surface area contributed by atoms with E-state index in [9.17, 15) is 19.2 Å². The van der Waals surface area contributed by atoms with Crippen LogP contribution in [0.15, 0.2) is 173 Å². The van der Waals surface area contributed by atoms with Gasteiger partial charge in [0.05, 0.1) is 0 Å². The lowest BCUT2D eigenvalue weighted by molar-refractivity contribution is -0.154. The van der Waals surface area contributed by atoms with Crippen LogP contribution in [0.1, 0.15) is 46.0 Å². The van der Waals surface area contributed by atoms with E-state index in [1.165, 1.54) is 35.1 Å². The van der Waals surface area contributed by atoms with Gasteiger partial charge in [-0.2, -0.15) is 0 Å². The molecule has 0 aliphatic carbocycles. The number of anilines is 1. The number of benzene rings is 5. The number of hydrogen-bond donors (Lipinski definition) is 2. The highest BCUT2D eigenvalue weighted by molar-refractivity contribution is 8.00. The molecular formula is C47H39N5O6S2. The first-order chi connectivity index (χ1) is 29.4. The molecule has 2 aliphatic rings. The second-order valence-electron chi connectivity index (χ2n) is 13.9. The van der Waals surface area contributed by atoms with Gasteiger partial charge in [0.1, 0.15) is 41.7 Å². The normalized spacial score (nSPS) is 16.4. The fourth-order valence-electron chi connectivity index (χ4n) is 7.56. The Labute approximate surface area is 355 Å². The van der Waals surface area contributed by atoms with E-state index in [4.69, 9.17) is 14.6 Å². The summed E-state index contributed by atoms with van der Waals surface area (Å²) < 4.78 is 6.15. The number of ether oxygens (including phenoxy) is 1. The van der Waals surface area contributed by atoms with Gasteiger partial charge in [-0.15, -0.1) is 23.1 Å². The predicted molar refractivity (Wildman–Crippen MR) is 232 cm³/mol. The molecule has 8 rings (SSSR count). The lowest BCUT2D eigenvalue weighted by Gasteiger charge is -2.49. The topological polar surface area (TPSA) is 139 Å². The van der Waals surface area contributed by atoms with E-state index in [2.05, 4.69) is 52.2 Å². The standard InChI is InChI=1S/C47H39N5O6S2/c1-57-51-38(37-30-60-46(48-37)50-47(34-21-11-4-12-22-34,35-23-13-5-14-24-35)36-25-15-6-16-26-36)42(54)49-39-43(55)52-40(33(27-28-53)29-59-44(39)52)45(56)58-41(31-17-7-2-8-18-31)32-19-9-3-10-20-32/h2-26,28,30,39,41,44H,27,29H2,1H3,(H,48,50)(H,49,54)/b51-38+. The van der Waals surface area contributed by atoms with Crippen molar-refractivity contribution in [1.29, 1.82) is 0 Å². The lowest BCUT2D eigenvalue weighted by Crippen LogP contribution is -2.71. The number of oxime groups is 1. The second-order valence-corrected chi connectivity index (χ2v) is 15.9. The van der Waals surface area contributed by atoms with Gasteiger partial charge in [0.2, 0.25) is 0 Å². The van der Waals surface area contributed by atoms with Crippen molar-refractivity contribution in [2.45, 2.75) is 29.5 Å². The first kappa shape index (κ1) is 40.0. The number of amides is 2. The molecule has 2 N–H and O–H groups in total. The molecule has 0 saturated carbocycles. The third-order valence-corrected chi connectivity index (χ3v) is 12.4. The minimum atomic E-state index is -1.01. The average Bonchev–Trinajstić information content (AvgIpc) is 3.77. The molecule has 1 fully saturated rings. The summed E-state index contributed by atoms with van der Waals surface area (Å²) in [5.74, 6) is -1.68. The van der Waals surface area contributed by atoms with E-state index in [1.54, 1.807) is 5.38 Å². The summed E-state index contributed by atoms with van der Waals surface area (Å²) in [6.07, 6.45) is -0.127. The number of thiazole rings is 1. The van der Waals surface area contributed by atoms with Gasteiger partial charge < -0.3 is 25.0 Å². The van der Waals surface area contributed by atoms with Crippen LogP contribution in [0.5, 0.6) is 0 Å². The van der Waals surface area contributed by atoms with Crippen LogP contribution in [-0.4, -0.2) is 63.9 Å². The van der Waals surface area contributed by atoms with Crippen LogP contribution in [-0.2, 0) is 34.3 Å². The Bertz CT molecular complexity index is 2400. The van der Waals surface area contributed by atoms with Gasteiger partial charge in [-0.3, -0.25) is 14.5 Å². The van der Waals surface area contributed by atoms with Crippen molar-refractivity contribution in [2.24, 2.45) is 5.16 Å². The Hall–Kier alpha value is -6.83. The highest BCUT2D eigenvalue weighted by Gasteiger charge is 2.55. The molecule has 1 saturated heterocycles. The van der Waals surface area contributed by atoms with Crippen LogP contribution < -0.4 is 10.6 Å². The van der Waals surface area contributed by atoms with Crippen molar-refractivity contribution in [1.82, 2.24) is 15.2 Å². The van der Waals surface area contributed by atoms with Crippen molar-refractivity contribution >= 4 is 58.0 Å². The highest BCUT2D eigenvalue weighted by Crippen LogP contribution is 2.43. The molecule has 0 spiro atoms. The van der Waals surface area contributed by atoms with Gasteiger partial charge in [-0.1, -0.05) is 157 Å². The van der Waals surface area contributed by atoms with Gasteiger partial charge in [0.25, 0.3) is 11.8 Å². The number of carbonyl (C=O) groups is 4. The monoisotopic (exact) mass is 833 g/mol. The van der Waals surface area contributed by atoms with Crippen LogP contribution in [0.25, 0.3) is 0 Å². The molecule has 0 bridgehead atoms. The summed E-state index contributed by atoms with van der Waals surface area (Å²) in [4.78, 5) is 65.2. The molecule has 1 aromatic heterocycles. The smallest absolute Gasteiger partial charge is 0.356 e. The predicted octanol–water partition coefficient (Wildman–Crippen LogP) is 7.47. The molecule has 11 nitrogen and oxygen atoms in total. The summed E-state index contributed by atoms with van der Waals surface area (Å²) in [7, 11) is 1.33. The molecule has 5 aromatic carbocycles. The number of fused-ring (bicyclic) bond motifs is 1. The van der Waals surface area contributed by atoms with Crippen molar-refractivity contribution in [3.63, 3.8) is 0 Å². The van der Waals surface area contributed by atoms with Crippen LogP contribution in [0.2, 0.25) is 0 Å². The molecule has 2 aliphatic heterocycles. The number of β-lactam (4-membered cyclic amide) rings is 1. The Morgan fingerprint density at radius 3 is 1.85 bits per heavy atom. The largest absolute Gasteiger partial charge is 0.448 e. The molecule has 2 unspecified atom stereocenters. The molecule has 3 heterocycles. The lowest BCUT2D eigenvalue weighted by atomic mass is 9.77. The molecule has 2 atom stereocenters. The SMILES string of the molecule is CO/N=C(/C(=O)NC1C(=O)N2C(C(=O)OC(c3ccccc3)c3ccccc3)=C(CC=O)CSC12)c1csc(NC(c2ccccc2)(c2ccccc2)c2ccccc2)n1. The number of aldehydes is 1. The molecule has 2 amide bonds. The first-order valence-corrected chi connectivity index (χ1v) is 21.1. The van der Waals surface area contributed by atoms with Gasteiger partial charge in [0.15, 0.2) is 16.9 Å². The van der Waals surface area contributed by atoms with E-state index < -0.39 is 40.8 Å². The number of esters is 1. The van der Waals surface area contributed by atoms with Crippen LogP contribution in [0.4, 0.5) is 5.13 Å². The summed E-state index contributed by atoms with van der Waals surface area (Å²) >= 11 is 2.64. The second kappa shape index (κ2) is 18.0. The quantitative estimate of drug-likeness (QED) is 0.0270.